The first-order valence-electron chi connectivity index (χ1n) is 8.32. The Balaban J connectivity index is 1.77. The van der Waals surface area contributed by atoms with Crippen molar-refractivity contribution in [1.82, 2.24) is 5.32 Å². The summed E-state index contributed by atoms with van der Waals surface area (Å²) in [6, 6.07) is 10.1. The van der Waals surface area contributed by atoms with Gasteiger partial charge in [-0.3, -0.25) is 4.79 Å². The predicted octanol–water partition coefficient (Wildman–Crippen LogP) is 4.61. The first kappa shape index (κ1) is 19.3. The molecule has 0 bridgehead atoms. The monoisotopic (exact) mass is 363 g/mol. The molecule has 1 N–H and O–H groups in total. The van der Waals surface area contributed by atoms with Crippen LogP contribution in [0.5, 0.6) is 5.75 Å². The molecule has 0 radical (unpaired) electrons. The average Bonchev–Trinajstić information content (AvgIpc) is 2.57. The number of nitrogens with one attached hydrogen (secondary N) is 1. The molecular formula is C20H23ClFNO2. The fraction of sp³-hybridized carbons (Fsp3) is 0.350. The van der Waals surface area contributed by atoms with E-state index in [4.69, 9.17) is 16.3 Å². The van der Waals surface area contributed by atoms with E-state index >= 15 is 0 Å². The first-order chi connectivity index (χ1) is 11.9. The van der Waals surface area contributed by atoms with Gasteiger partial charge in [-0.15, -0.1) is 0 Å². The molecule has 5 heteroatoms. The maximum atomic E-state index is 12.8. The van der Waals surface area contributed by atoms with Crippen molar-refractivity contribution in [2.45, 2.75) is 39.7 Å². The number of hydrogen-bond acceptors (Lipinski definition) is 2. The van der Waals surface area contributed by atoms with E-state index in [1.165, 1.54) is 12.1 Å². The summed E-state index contributed by atoms with van der Waals surface area (Å²) in [7, 11) is 0. The molecule has 0 aromatic heterocycles. The molecule has 0 aliphatic carbocycles. The maximum absolute atomic E-state index is 12.8. The summed E-state index contributed by atoms with van der Waals surface area (Å²) < 4.78 is 18.6. The van der Waals surface area contributed by atoms with Gasteiger partial charge < -0.3 is 10.1 Å². The third-order valence-electron chi connectivity index (χ3n) is 3.95. The molecule has 2 aromatic rings. The van der Waals surface area contributed by atoms with Crippen molar-refractivity contribution < 1.29 is 13.9 Å². The summed E-state index contributed by atoms with van der Waals surface area (Å²) >= 11 is 6.14. The van der Waals surface area contributed by atoms with Crippen molar-refractivity contribution in [3.05, 3.63) is 63.9 Å². The fourth-order valence-electron chi connectivity index (χ4n) is 2.53. The number of ether oxygens (including phenoxy) is 1. The number of carbonyl (C=O) groups excluding carboxylic acids is 1. The Bertz CT molecular complexity index is 708. The molecule has 0 aliphatic rings. The van der Waals surface area contributed by atoms with Gasteiger partial charge in [0, 0.05) is 11.6 Å². The molecule has 134 valence electrons. The van der Waals surface area contributed by atoms with Crippen LogP contribution in [0.1, 0.15) is 30.0 Å². The summed E-state index contributed by atoms with van der Waals surface area (Å²) in [6.07, 6.45) is 0.972. The van der Waals surface area contributed by atoms with Crippen molar-refractivity contribution in [2.75, 3.05) is 6.54 Å². The standard InChI is InChI=1S/C20H23ClFNO2/c1-13-11-18(12-14(2)19(13)21)25-15(3)20(24)23-10-4-5-16-6-8-17(22)9-7-16/h6-9,11-12,15H,4-5,10H2,1-3H3,(H,23,24)/t15-/m0/s1. The second kappa shape index (κ2) is 8.86. The van der Waals surface area contributed by atoms with Crippen LogP contribution in [0, 0.1) is 19.7 Å². The highest BCUT2D eigenvalue weighted by Crippen LogP contribution is 2.26. The van der Waals surface area contributed by atoms with Crippen LogP contribution in [0.25, 0.3) is 0 Å². The third kappa shape index (κ3) is 5.75. The molecular weight excluding hydrogens is 341 g/mol. The maximum Gasteiger partial charge on any atom is 0.260 e. The minimum atomic E-state index is -0.592. The van der Waals surface area contributed by atoms with Gasteiger partial charge in [0.25, 0.3) is 5.91 Å². The molecule has 1 amide bonds. The first-order valence-corrected chi connectivity index (χ1v) is 8.70. The molecule has 3 nitrogen and oxygen atoms in total. The Morgan fingerprint density at radius 2 is 1.80 bits per heavy atom. The average molecular weight is 364 g/mol. The van der Waals surface area contributed by atoms with Crippen LogP contribution in [-0.4, -0.2) is 18.6 Å². The van der Waals surface area contributed by atoms with Gasteiger partial charge in [-0.2, -0.15) is 0 Å². The molecule has 0 unspecified atom stereocenters. The zero-order chi connectivity index (χ0) is 18.4. The normalized spacial score (nSPS) is 11.9. The zero-order valence-electron chi connectivity index (χ0n) is 14.7. The Labute approximate surface area is 153 Å². The molecule has 1 atom stereocenters. The Morgan fingerprint density at radius 3 is 2.40 bits per heavy atom. The predicted molar refractivity (Wildman–Crippen MR) is 98.7 cm³/mol. The summed E-state index contributed by atoms with van der Waals surface area (Å²) in [6.45, 7) is 6.07. The largest absolute Gasteiger partial charge is 0.481 e. The van der Waals surface area contributed by atoms with Crippen LogP contribution in [0.3, 0.4) is 0 Å². The van der Waals surface area contributed by atoms with E-state index in [-0.39, 0.29) is 11.7 Å². The van der Waals surface area contributed by atoms with Crippen LogP contribution in [-0.2, 0) is 11.2 Å². The summed E-state index contributed by atoms with van der Waals surface area (Å²) in [4.78, 5) is 12.1. The summed E-state index contributed by atoms with van der Waals surface area (Å²) in [5.41, 5.74) is 2.89. The van der Waals surface area contributed by atoms with Gasteiger partial charge in [-0.05, 0) is 74.6 Å². The lowest BCUT2D eigenvalue weighted by atomic mass is 10.1. The van der Waals surface area contributed by atoms with Crippen molar-refractivity contribution >= 4 is 17.5 Å². The highest BCUT2D eigenvalue weighted by molar-refractivity contribution is 6.32. The summed E-state index contributed by atoms with van der Waals surface area (Å²) in [5, 5.41) is 3.57. The molecule has 25 heavy (non-hydrogen) atoms. The van der Waals surface area contributed by atoms with E-state index in [0.717, 1.165) is 29.5 Å². The number of halogens is 2. The van der Waals surface area contributed by atoms with E-state index in [1.54, 1.807) is 19.1 Å². The van der Waals surface area contributed by atoms with Gasteiger partial charge in [-0.25, -0.2) is 4.39 Å². The van der Waals surface area contributed by atoms with E-state index in [2.05, 4.69) is 5.32 Å². The molecule has 0 heterocycles. The molecule has 0 saturated heterocycles. The second-order valence-electron chi connectivity index (χ2n) is 6.15. The molecule has 0 spiro atoms. The minimum absolute atomic E-state index is 0.163. The number of rotatable bonds is 7. The van der Waals surface area contributed by atoms with Crippen LogP contribution >= 0.6 is 11.6 Å². The van der Waals surface area contributed by atoms with E-state index in [0.29, 0.717) is 17.3 Å². The van der Waals surface area contributed by atoms with Crippen molar-refractivity contribution in [3.8, 4) is 5.75 Å². The number of hydrogen-bond donors (Lipinski definition) is 1. The highest BCUT2D eigenvalue weighted by atomic mass is 35.5. The van der Waals surface area contributed by atoms with Gasteiger partial charge >= 0.3 is 0 Å². The smallest absolute Gasteiger partial charge is 0.260 e. The van der Waals surface area contributed by atoms with Crippen LogP contribution < -0.4 is 10.1 Å². The van der Waals surface area contributed by atoms with Crippen molar-refractivity contribution in [2.24, 2.45) is 0 Å². The zero-order valence-corrected chi connectivity index (χ0v) is 15.5. The van der Waals surface area contributed by atoms with E-state index in [1.807, 2.05) is 26.0 Å². The fourth-order valence-corrected chi connectivity index (χ4v) is 2.64. The third-order valence-corrected chi connectivity index (χ3v) is 4.54. The lowest BCUT2D eigenvalue weighted by Gasteiger charge is -2.16. The minimum Gasteiger partial charge on any atom is -0.481 e. The van der Waals surface area contributed by atoms with E-state index < -0.39 is 6.10 Å². The van der Waals surface area contributed by atoms with Crippen LogP contribution in [0.15, 0.2) is 36.4 Å². The number of aryl methyl sites for hydroxylation is 3. The van der Waals surface area contributed by atoms with Gasteiger partial charge in [0.15, 0.2) is 6.10 Å². The van der Waals surface area contributed by atoms with Gasteiger partial charge in [0.2, 0.25) is 0 Å². The Morgan fingerprint density at radius 1 is 1.20 bits per heavy atom. The highest BCUT2D eigenvalue weighted by Gasteiger charge is 2.15. The molecule has 2 aromatic carbocycles. The number of benzene rings is 2. The Kier molecular flexibility index (Phi) is 6.82. The van der Waals surface area contributed by atoms with Gasteiger partial charge in [-0.1, -0.05) is 23.7 Å². The van der Waals surface area contributed by atoms with Crippen LogP contribution in [0.2, 0.25) is 5.02 Å². The lowest BCUT2D eigenvalue weighted by Crippen LogP contribution is -2.37. The van der Waals surface area contributed by atoms with Gasteiger partial charge in [0.05, 0.1) is 0 Å². The molecule has 0 saturated carbocycles. The molecule has 0 fully saturated rings. The Hall–Kier alpha value is -2.07. The van der Waals surface area contributed by atoms with E-state index in [9.17, 15) is 9.18 Å². The summed E-state index contributed by atoms with van der Waals surface area (Å²) in [5.74, 6) is 0.230. The second-order valence-corrected chi connectivity index (χ2v) is 6.53. The lowest BCUT2D eigenvalue weighted by molar-refractivity contribution is -0.127. The topological polar surface area (TPSA) is 38.3 Å². The van der Waals surface area contributed by atoms with Crippen molar-refractivity contribution in [1.29, 1.82) is 0 Å². The quantitative estimate of drug-likeness (QED) is 0.729. The van der Waals surface area contributed by atoms with Crippen molar-refractivity contribution in [3.63, 3.8) is 0 Å². The number of amides is 1. The molecule has 0 aliphatic heterocycles. The SMILES string of the molecule is Cc1cc(O[C@@H](C)C(=O)NCCCc2ccc(F)cc2)cc(C)c1Cl. The van der Waals surface area contributed by atoms with Gasteiger partial charge in [0.1, 0.15) is 11.6 Å². The number of carbonyl (C=O) groups is 1. The van der Waals surface area contributed by atoms with Crippen LogP contribution in [0.4, 0.5) is 4.39 Å². The molecule has 2 rings (SSSR count).